The summed E-state index contributed by atoms with van der Waals surface area (Å²) in [6.07, 6.45) is 2.01. The van der Waals surface area contributed by atoms with E-state index in [1.54, 1.807) is 6.92 Å². The van der Waals surface area contributed by atoms with Gasteiger partial charge in [-0.3, -0.25) is 4.79 Å². The lowest BCUT2D eigenvalue weighted by Crippen LogP contribution is -2.08. The summed E-state index contributed by atoms with van der Waals surface area (Å²) >= 11 is 0. The highest BCUT2D eigenvalue weighted by molar-refractivity contribution is 5.83. The standard InChI is InChI=1S/C12H16O.2C2H6/c1-3-7-12(10(2)13)11-8-5-4-6-9-11;2*1-2/h4-6,8-9,12H,3,7H2,1-2H3;2*1-2H3. The molecular formula is C16H28O. The van der Waals surface area contributed by atoms with E-state index in [2.05, 4.69) is 6.92 Å². The van der Waals surface area contributed by atoms with Crippen LogP contribution >= 0.6 is 0 Å². The predicted octanol–water partition coefficient (Wildman–Crippen LogP) is 5.21. The Bertz CT molecular complexity index is 264. The van der Waals surface area contributed by atoms with Crippen molar-refractivity contribution in [2.75, 3.05) is 0 Å². The van der Waals surface area contributed by atoms with Crippen molar-refractivity contribution in [2.45, 2.75) is 60.3 Å². The maximum atomic E-state index is 11.3. The first-order chi connectivity index (χ1) is 8.25. The Morgan fingerprint density at radius 3 is 1.88 bits per heavy atom. The maximum Gasteiger partial charge on any atom is 0.137 e. The van der Waals surface area contributed by atoms with E-state index >= 15 is 0 Å². The quantitative estimate of drug-likeness (QED) is 0.701. The summed E-state index contributed by atoms with van der Waals surface area (Å²) in [6.45, 7) is 11.8. The second kappa shape index (κ2) is 13.0. The van der Waals surface area contributed by atoms with Crippen LogP contribution < -0.4 is 0 Å². The van der Waals surface area contributed by atoms with Gasteiger partial charge in [0.05, 0.1) is 0 Å². The van der Waals surface area contributed by atoms with E-state index in [9.17, 15) is 4.79 Å². The highest BCUT2D eigenvalue weighted by Crippen LogP contribution is 2.21. The number of ketones is 1. The molecule has 1 rings (SSSR count). The molecule has 1 heteroatoms. The first-order valence-electron chi connectivity index (χ1n) is 6.81. The van der Waals surface area contributed by atoms with Crippen LogP contribution in [0.25, 0.3) is 0 Å². The van der Waals surface area contributed by atoms with Crippen LogP contribution in [0.1, 0.15) is 65.9 Å². The first-order valence-corrected chi connectivity index (χ1v) is 6.81. The van der Waals surface area contributed by atoms with E-state index in [0.29, 0.717) is 0 Å². The van der Waals surface area contributed by atoms with Gasteiger partial charge in [-0.2, -0.15) is 0 Å². The van der Waals surface area contributed by atoms with Gasteiger partial charge < -0.3 is 0 Å². The van der Waals surface area contributed by atoms with Crippen LogP contribution in [0.15, 0.2) is 30.3 Å². The normalized spacial score (nSPS) is 10.2. The van der Waals surface area contributed by atoms with Gasteiger partial charge in [0.2, 0.25) is 0 Å². The lowest BCUT2D eigenvalue weighted by atomic mass is 9.91. The molecule has 0 N–H and O–H groups in total. The fraction of sp³-hybridized carbons (Fsp3) is 0.562. The highest BCUT2D eigenvalue weighted by atomic mass is 16.1. The summed E-state index contributed by atoms with van der Waals surface area (Å²) in [6, 6.07) is 10.0. The van der Waals surface area contributed by atoms with Gasteiger partial charge in [-0.15, -0.1) is 0 Å². The Labute approximate surface area is 107 Å². The first kappa shape index (κ1) is 18.3. The van der Waals surface area contributed by atoms with Gasteiger partial charge in [0, 0.05) is 5.92 Å². The molecule has 17 heavy (non-hydrogen) atoms. The molecule has 0 amide bonds. The molecule has 0 aliphatic rings. The van der Waals surface area contributed by atoms with Crippen molar-refractivity contribution in [1.29, 1.82) is 0 Å². The van der Waals surface area contributed by atoms with Gasteiger partial charge in [0.25, 0.3) is 0 Å². The molecule has 1 atom stereocenters. The van der Waals surface area contributed by atoms with Crippen molar-refractivity contribution in [3.05, 3.63) is 35.9 Å². The largest absolute Gasteiger partial charge is 0.299 e. The summed E-state index contributed by atoms with van der Waals surface area (Å²) in [5, 5.41) is 0. The fourth-order valence-electron chi connectivity index (χ4n) is 1.58. The zero-order chi connectivity index (χ0) is 13.7. The van der Waals surface area contributed by atoms with Crippen LogP contribution in [0.3, 0.4) is 0 Å². The molecule has 0 radical (unpaired) electrons. The molecule has 1 aromatic carbocycles. The molecule has 98 valence electrons. The van der Waals surface area contributed by atoms with Crippen LogP contribution in [0, 0.1) is 0 Å². The predicted molar refractivity (Wildman–Crippen MR) is 77.5 cm³/mol. The monoisotopic (exact) mass is 236 g/mol. The van der Waals surface area contributed by atoms with Crippen LogP contribution in [-0.4, -0.2) is 5.78 Å². The molecule has 1 nitrogen and oxygen atoms in total. The molecule has 0 bridgehead atoms. The third-order valence-electron chi connectivity index (χ3n) is 2.27. The van der Waals surface area contributed by atoms with Gasteiger partial charge in [-0.25, -0.2) is 0 Å². The summed E-state index contributed by atoms with van der Waals surface area (Å²) in [4.78, 5) is 11.3. The second-order valence-electron chi connectivity index (χ2n) is 3.36. The average molecular weight is 236 g/mol. The fourth-order valence-corrected chi connectivity index (χ4v) is 1.58. The Morgan fingerprint density at radius 2 is 1.53 bits per heavy atom. The van der Waals surface area contributed by atoms with E-state index in [1.807, 2.05) is 58.0 Å². The molecule has 1 unspecified atom stereocenters. The van der Waals surface area contributed by atoms with Crippen molar-refractivity contribution in [1.82, 2.24) is 0 Å². The molecule has 0 aliphatic heterocycles. The van der Waals surface area contributed by atoms with Gasteiger partial charge in [0.15, 0.2) is 0 Å². The van der Waals surface area contributed by atoms with Gasteiger partial charge in [-0.05, 0) is 18.9 Å². The smallest absolute Gasteiger partial charge is 0.137 e. The maximum absolute atomic E-state index is 11.3. The van der Waals surface area contributed by atoms with Gasteiger partial charge in [-0.1, -0.05) is 71.4 Å². The van der Waals surface area contributed by atoms with Crippen molar-refractivity contribution in [3.63, 3.8) is 0 Å². The minimum atomic E-state index is 0.103. The van der Waals surface area contributed by atoms with E-state index in [0.717, 1.165) is 18.4 Å². The third kappa shape index (κ3) is 7.73. The third-order valence-corrected chi connectivity index (χ3v) is 2.27. The van der Waals surface area contributed by atoms with Crippen molar-refractivity contribution >= 4 is 5.78 Å². The Morgan fingerprint density at radius 1 is 1.06 bits per heavy atom. The van der Waals surface area contributed by atoms with Crippen LogP contribution in [-0.2, 0) is 4.79 Å². The molecule has 0 spiro atoms. The zero-order valence-electron chi connectivity index (χ0n) is 12.3. The summed E-state index contributed by atoms with van der Waals surface area (Å²) in [7, 11) is 0. The number of carbonyl (C=O) groups excluding carboxylic acids is 1. The lowest BCUT2D eigenvalue weighted by Gasteiger charge is -2.12. The van der Waals surface area contributed by atoms with E-state index in [4.69, 9.17) is 0 Å². The van der Waals surface area contributed by atoms with Crippen molar-refractivity contribution in [3.8, 4) is 0 Å². The number of carbonyl (C=O) groups is 1. The Hall–Kier alpha value is -1.11. The molecule has 1 aromatic rings. The van der Waals surface area contributed by atoms with Crippen LogP contribution in [0.4, 0.5) is 0 Å². The summed E-state index contributed by atoms with van der Waals surface area (Å²) in [5.74, 6) is 0.374. The Kier molecular flexibility index (Phi) is 13.9. The molecule has 0 aromatic heterocycles. The zero-order valence-corrected chi connectivity index (χ0v) is 12.3. The van der Waals surface area contributed by atoms with Crippen LogP contribution in [0.5, 0.6) is 0 Å². The molecule has 0 aliphatic carbocycles. The lowest BCUT2D eigenvalue weighted by molar-refractivity contribution is -0.118. The van der Waals surface area contributed by atoms with E-state index < -0.39 is 0 Å². The SMILES string of the molecule is CC.CC.CCCC(C(C)=O)c1ccccc1. The molecule has 0 fully saturated rings. The summed E-state index contributed by atoms with van der Waals surface area (Å²) < 4.78 is 0. The van der Waals surface area contributed by atoms with Crippen LogP contribution in [0.2, 0.25) is 0 Å². The molecule has 0 saturated heterocycles. The molecule has 0 heterocycles. The summed E-state index contributed by atoms with van der Waals surface area (Å²) in [5.41, 5.74) is 1.15. The molecular weight excluding hydrogens is 208 g/mol. The van der Waals surface area contributed by atoms with Gasteiger partial charge >= 0.3 is 0 Å². The van der Waals surface area contributed by atoms with E-state index in [-0.39, 0.29) is 11.7 Å². The number of Topliss-reactive ketones (excluding diaryl/α,β-unsaturated/α-hetero) is 1. The van der Waals surface area contributed by atoms with E-state index in [1.165, 1.54) is 0 Å². The van der Waals surface area contributed by atoms with Crippen molar-refractivity contribution < 1.29 is 4.79 Å². The van der Waals surface area contributed by atoms with Crippen molar-refractivity contribution in [2.24, 2.45) is 0 Å². The molecule has 0 saturated carbocycles. The minimum absolute atomic E-state index is 0.103. The Balaban J connectivity index is 0. The number of hydrogen-bond acceptors (Lipinski definition) is 1. The highest BCUT2D eigenvalue weighted by Gasteiger charge is 2.14. The second-order valence-corrected chi connectivity index (χ2v) is 3.36. The number of rotatable bonds is 4. The average Bonchev–Trinajstić information content (AvgIpc) is 2.41. The topological polar surface area (TPSA) is 17.1 Å². The number of hydrogen-bond donors (Lipinski definition) is 0. The number of benzene rings is 1. The minimum Gasteiger partial charge on any atom is -0.299 e. The van der Waals surface area contributed by atoms with Gasteiger partial charge in [0.1, 0.15) is 5.78 Å².